The Morgan fingerprint density at radius 2 is 1.84 bits per heavy atom. The molecular weight excluding hydrogens is 506 g/mol. The van der Waals surface area contributed by atoms with Crippen LogP contribution in [0, 0.1) is 6.92 Å². The van der Waals surface area contributed by atoms with Gasteiger partial charge in [-0.05, 0) is 77.4 Å². The second-order valence-corrected chi connectivity index (χ2v) is 12.6. The van der Waals surface area contributed by atoms with Crippen LogP contribution in [-0.4, -0.2) is 62.2 Å². The van der Waals surface area contributed by atoms with Crippen LogP contribution in [0.4, 0.5) is 10.5 Å². The Hall–Kier alpha value is -3.24. The lowest BCUT2D eigenvalue weighted by atomic mass is 10.1. The van der Waals surface area contributed by atoms with E-state index in [4.69, 9.17) is 13.9 Å². The summed E-state index contributed by atoms with van der Waals surface area (Å²) in [4.78, 5) is 16.9. The van der Waals surface area contributed by atoms with Crippen LogP contribution in [0.25, 0.3) is 11.0 Å². The first-order chi connectivity index (χ1) is 17.8. The van der Waals surface area contributed by atoms with E-state index in [1.54, 1.807) is 35.4 Å². The second-order valence-electron chi connectivity index (χ2n) is 11.0. The zero-order valence-electron chi connectivity index (χ0n) is 23.1. The molecule has 2 aromatic carbocycles. The van der Waals surface area contributed by atoms with Gasteiger partial charge in [-0.3, -0.25) is 9.62 Å². The number of carbonyl (C=O) groups excluding carboxylic acids is 1. The number of benzene rings is 2. The lowest BCUT2D eigenvalue weighted by Crippen LogP contribution is -2.58. The zero-order valence-corrected chi connectivity index (χ0v) is 23.9. The molecule has 2 atom stereocenters. The number of aryl methyl sites for hydroxylation is 1. The van der Waals surface area contributed by atoms with Gasteiger partial charge in [0.15, 0.2) is 0 Å². The van der Waals surface area contributed by atoms with E-state index in [-0.39, 0.29) is 28.8 Å². The minimum Gasteiger partial charge on any atom is -0.495 e. The second kappa shape index (κ2) is 10.5. The molecule has 1 aromatic heterocycles. The third kappa shape index (κ3) is 6.07. The zero-order chi connectivity index (χ0) is 27.8. The van der Waals surface area contributed by atoms with Crippen molar-refractivity contribution in [2.45, 2.75) is 70.7 Å². The van der Waals surface area contributed by atoms with Crippen molar-refractivity contribution in [1.82, 2.24) is 9.80 Å². The maximum absolute atomic E-state index is 13.3. The summed E-state index contributed by atoms with van der Waals surface area (Å²) in [5.74, 6) is 0.276. The normalized spacial score (nSPS) is 19.0. The molecule has 0 radical (unpaired) electrons. The molecule has 10 heteroatoms. The van der Waals surface area contributed by atoms with E-state index in [9.17, 15) is 13.2 Å². The molecule has 0 spiro atoms. The Morgan fingerprint density at radius 1 is 1.11 bits per heavy atom. The summed E-state index contributed by atoms with van der Waals surface area (Å²) in [5.41, 5.74) is 2.25. The van der Waals surface area contributed by atoms with E-state index in [1.807, 2.05) is 46.8 Å². The Morgan fingerprint density at radius 3 is 2.53 bits per heavy atom. The van der Waals surface area contributed by atoms with Gasteiger partial charge in [0.05, 0.1) is 19.1 Å². The molecule has 0 bridgehead atoms. The van der Waals surface area contributed by atoms with Crippen LogP contribution in [0.15, 0.2) is 52.0 Å². The maximum Gasteiger partial charge on any atom is 0.410 e. The molecule has 3 aromatic rings. The SMILES string of the molecule is COc1ccc(C)cc1S(=O)(=O)Nc1cc(CN2C[C@@H](C)N(C(=O)OC(C)(C)C)C[C@@H]2C)c2occc2c1. The van der Waals surface area contributed by atoms with E-state index in [0.717, 1.165) is 16.5 Å². The number of methoxy groups -OCH3 is 1. The summed E-state index contributed by atoms with van der Waals surface area (Å²) in [5, 5.41) is 0.796. The predicted octanol–water partition coefficient (Wildman–Crippen LogP) is 5.38. The lowest BCUT2D eigenvalue weighted by molar-refractivity contribution is -0.0116. The van der Waals surface area contributed by atoms with Crippen LogP contribution >= 0.6 is 0 Å². The first-order valence-electron chi connectivity index (χ1n) is 12.7. The number of furan rings is 1. The first kappa shape index (κ1) is 27.8. The van der Waals surface area contributed by atoms with Crippen molar-refractivity contribution in [3.8, 4) is 5.75 Å². The van der Waals surface area contributed by atoms with Crippen LogP contribution in [-0.2, 0) is 21.3 Å². The molecule has 1 amide bonds. The summed E-state index contributed by atoms with van der Waals surface area (Å²) in [6.07, 6.45) is 1.29. The number of sulfonamides is 1. The van der Waals surface area contributed by atoms with Gasteiger partial charge in [0.2, 0.25) is 0 Å². The molecular formula is C28H37N3O6S. The van der Waals surface area contributed by atoms with Crippen LogP contribution < -0.4 is 9.46 Å². The van der Waals surface area contributed by atoms with Crippen LogP contribution in [0.2, 0.25) is 0 Å². The molecule has 1 N–H and O–H groups in total. The molecule has 2 heterocycles. The third-order valence-electron chi connectivity index (χ3n) is 6.61. The van der Waals surface area contributed by atoms with Crippen LogP contribution in [0.3, 0.4) is 0 Å². The Balaban J connectivity index is 1.58. The van der Waals surface area contributed by atoms with Crippen molar-refractivity contribution in [3.05, 3.63) is 53.8 Å². The number of amides is 1. The standard InChI is InChI=1S/C28H37N3O6S/c1-18-8-9-24(35-7)25(12-18)38(33,34)29-23-13-21-10-11-36-26(21)22(14-23)17-30-15-20(3)31(16-19(30)2)27(32)37-28(4,5)6/h8-14,19-20,29H,15-17H2,1-7H3/t19-,20+/m0/s1. The Kier molecular flexibility index (Phi) is 7.67. The highest BCUT2D eigenvalue weighted by molar-refractivity contribution is 7.92. The van der Waals surface area contributed by atoms with Gasteiger partial charge in [0.1, 0.15) is 21.8 Å². The van der Waals surface area contributed by atoms with Gasteiger partial charge in [-0.25, -0.2) is 13.2 Å². The van der Waals surface area contributed by atoms with Crippen molar-refractivity contribution in [3.63, 3.8) is 0 Å². The summed E-state index contributed by atoms with van der Waals surface area (Å²) in [7, 11) is -2.46. The fourth-order valence-corrected chi connectivity index (χ4v) is 6.04. The smallest absolute Gasteiger partial charge is 0.410 e. The highest BCUT2D eigenvalue weighted by atomic mass is 32.2. The molecule has 0 aliphatic carbocycles. The van der Waals surface area contributed by atoms with E-state index in [0.29, 0.717) is 30.9 Å². The number of carbonyl (C=O) groups is 1. The van der Waals surface area contributed by atoms with Gasteiger partial charge in [-0.1, -0.05) is 6.07 Å². The predicted molar refractivity (Wildman–Crippen MR) is 147 cm³/mol. The van der Waals surface area contributed by atoms with E-state index >= 15 is 0 Å². The summed E-state index contributed by atoms with van der Waals surface area (Å²) in [6, 6.07) is 10.4. The van der Waals surface area contributed by atoms with Crippen molar-refractivity contribution >= 4 is 32.8 Å². The van der Waals surface area contributed by atoms with Crippen LogP contribution in [0.5, 0.6) is 5.75 Å². The van der Waals surface area contributed by atoms with Crippen molar-refractivity contribution < 1.29 is 27.1 Å². The monoisotopic (exact) mass is 543 g/mol. The van der Waals surface area contributed by atoms with Gasteiger partial charge < -0.3 is 18.8 Å². The average molecular weight is 544 g/mol. The summed E-state index contributed by atoms with van der Waals surface area (Å²) in [6.45, 7) is 13.2. The van der Waals surface area contributed by atoms with Crippen molar-refractivity contribution in [2.24, 2.45) is 0 Å². The van der Waals surface area contributed by atoms with Gasteiger partial charge in [0.25, 0.3) is 10.0 Å². The molecule has 1 fully saturated rings. The van der Waals surface area contributed by atoms with Crippen molar-refractivity contribution in [1.29, 1.82) is 0 Å². The number of hydrogen-bond donors (Lipinski definition) is 1. The fraction of sp³-hybridized carbons (Fsp3) is 0.464. The average Bonchev–Trinajstić information content (AvgIpc) is 3.28. The summed E-state index contributed by atoms with van der Waals surface area (Å²) >= 11 is 0. The molecule has 9 nitrogen and oxygen atoms in total. The fourth-order valence-electron chi connectivity index (χ4n) is 4.75. The Labute approximate surface area is 224 Å². The molecule has 0 unspecified atom stereocenters. The van der Waals surface area contributed by atoms with Crippen LogP contribution in [0.1, 0.15) is 45.7 Å². The number of rotatable bonds is 6. The number of anilines is 1. The van der Waals surface area contributed by atoms with E-state index < -0.39 is 15.6 Å². The van der Waals surface area contributed by atoms with E-state index in [2.05, 4.69) is 16.5 Å². The molecule has 1 saturated heterocycles. The maximum atomic E-state index is 13.3. The molecule has 0 saturated carbocycles. The molecule has 4 rings (SSSR count). The van der Waals surface area contributed by atoms with Gasteiger partial charge in [0, 0.05) is 42.7 Å². The minimum atomic E-state index is -3.91. The third-order valence-corrected chi connectivity index (χ3v) is 8.01. The number of hydrogen-bond acceptors (Lipinski definition) is 7. The number of nitrogens with zero attached hydrogens (tertiary/aromatic N) is 2. The quantitative estimate of drug-likeness (QED) is 0.445. The van der Waals surface area contributed by atoms with E-state index in [1.165, 1.54) is 7.11 Å². The highest BCUT2D eigenvalue weighted by Gasteiger charge is 2.34. The highest BCUT2D eigenvalue weighted by Crippen LogP contribution is 2.31. The first-order valence-corrected chi connectivity index (χ1v) is 14.2. The molecule has 38 heavy (non-hydrogen) atoms. The van der Waals surface area contributed by atoms with Crippen molar-refractivity contribution in [2.75, 3.05) is 24.9 Å². The number of nitrogens with one attached hydrogen (secondary N) is 1. The molecule has 206 valence electrons. The topological polar surface area (TPSA) is 101 Å². The summed E-state index contributed by atoms with van der Waals surface area (Å²) < 4.78 is 46.1. The van der Waals surface area contributed by atoms with Gasteiger partial charge in [-0.15, -0.1) is 0 Å². The largest absolute Gasteiger partial charge is 0.495 e. The lowest BCUT2D eigenvalue weighted by Gasteiger charge is -2.44. The number of fused-ring (bicyclic) bond motifs is 1. The minimum absolute atomic E-state index is 0.0522. The number of ether oxygens (including phenoxy) is 2. The molecule has 1 aliphatic rings. The Bertz CT molecular complexity index is 1430. The molecule has 1 aliphatic heterocycles. The van der Waals surface area contributed by atoms with Gasteiger partial charge >= 0.3 is 6.09 Å². The van der Waals surface area contributed by atoms with Gasteiger partial charge in [-0.2, -0.15) is 0 Å². The number of piperazine rings is 1.